The molecule has 0 aromatic heterocycles. The van der Waals surface area contributed by atoms with Crippen molar-refractivity contribution in [3.05, 3.63) is 45.7 Å². The SMILES string of the molecule is NC1C=C(Cc2cc(F)ccc2Br)CCCC1. The van der Waals surface area contributed by atoms with Crippen molar-refractivity contribution in [1.29, 1.82) is 0 Å². The maximum absolute atomic E-state index is 13.2. The Bertz CT molecular complexity index is 428. The van der Waals surface area contributed by atoms with Crippen LogP contribution in [0.3, 0.4) is 0 Å². The summed E-state index contributed by atoms with van der Waals surface area (Å²) in [5.41, 5.74) is 8.32. The van der Waals surface area contributed by atoms with E-state index in [-0.39, 0.29) is 11.9 Å². The van der Waals surface area contributed by atoms with Crippen LogP contribution in [0.5, 0.6) is 0 Å². The smallest absolute Gasteiger partial charge is 0.123 e. The molecule has 1 aromatic rings. The number of hydrogen-bond donors (Lipinski definition) is 1. The lowest BCUT2D eigenvalue weighted by atomic mass is 10.0. The van der Waals surface area contributed by atoms with Crippen molar-refractivity contribution in [2.45, 2.75) is 38.1 Å². The van der Waals surface area contributed by atoms with Crippen molar-refractivity contribution in [3.63, 3.8) is 0 Å². The lowest BCUT2D eigenvalue weighted by Gasteiger charge is -2.09. The summed E-state index contributed by atoms with van der Waals surface area (Å²) in [6.45, 7) is 0. The summed E-state index contributed by atoms with van der Waals surface area (Å²) >= 11 is 3.47. The summed E-state index contributed by atoms with van der Waals surface area (Å²) < 4.78 is 14.2. The molecule has 1 aromatic carbocycles. The second kappa shape index (κ2) is 5.78. The van der Waals surface area contributed by atoms with Gasteiger partial charge < -0.3 is 5.73 Å². The van der Waals surface area contributed by atoms with Gasteiger partial charge in [-0.25, -0.2) is 4.39 Å². The second-order valence-corrected chi connectivity index (χ2v) is 5.50. The molecule has 0 bridgehead atoms. The first kappa shape index (κ1) is 12.8. The zero-order valence-corrected chi connectivity index (χ0v) is 11.3. The van der Waals surface area contributed by atoms with Gasteiger partial charge in [-0.2, -0.15) is 0 Å². The van der Waals surface area contributed by atoms with Gasteiger partial charge in [-0.15, -0.1) is 0 Å². The summed E-state index contributed by atoms with van der Waals surface area (Å²) in [4.78, 5) is 0. The molecule has 1 atom stereocenters. The normalized spacial score (nSPS) is 20.9. The van der Waals surface area contributed by atoms with Gasteiger partial charge >= 0.3 is 0 Å². The predicted octanol–water partition coefficient (Wildman–Crippen LogP) is 3.96. The van der Waals surface area contributed by atoms with Crippen molar-refractivity contribution in [3.8, 4) is 0 Å². The van der Waals surface area contributed by atoms with E-state index in [1.807, 2.05) is 0 Å². The summed E-state index contributed by atoms with van der Waals surface area (Å²) in [7, 11) is 0. The number of benzene rings is 1. The van der Waals surface area contributed by atoms with E-state index in [1.54, 1.807) is 12.1 Å². The average molecular weight is 298 g/mol. The summed E-state index contributed by atoms with van der Waals surface area (Å²) in [6, 6.07) is 5.00. The number of halogens is 2. The molecule has 17 heavy (non-hydrogen) atoms. The summed E-state index contributed by atoms with van der Waals surface area (Å²) in [5.74, 6) is -0.179. The molecule has 92 valence electrons. The lowest BCUT2D eigenvalue weighted by Crippen LogP contribution is -2.16. The molecule has 1 aliphatic rings. The minimum Gasteiger partial charge on any atom is -0.324 e. The van der Waals surface area contributed by atoms with E-state index < -0.39 is 0 Å². The average Bonchev–Trinajstić information content (AvgIpc) is 2.48. The molecular formula is C14H17BrFN. The first-order valence-electron chi connectivity index (χ1n) is 6.04. The minimum atomic E-state index is -0.179. The molecule has 0 saturated carbocycles. The lowest BCUT2D eigenvalue weighted by molar-refractivity contribution is 0.625. The predicted molar refractivity (Wildman–Crippen MR) is 72.3 cm³/mol. The van der Waals surface area contributed by atoms with E-state index in [0.29, 0.717) is 0 Å². The molecule has 3 heteroatoms. The van der Waals surface area contributed by atoms with E-state index in [4.69, 9.17) is 5.73 Å². The largest absolute Gasteiger partial charge is 0.324 e. The Morgan fingerprint density at radius 1 is 1.35 bits per heavy atom. The number of hydrogen-bond acceptors (Lipinski definition) is 1. The molecule has 0 saturated heterocycles. The Hall–Kier alpha value is -0.670. The fourth-order valence-corrected chi connectivity index (χ4v) is 2.66. The molecule has 0 aliphatic heterocycles. The fraction of sp³-hybridized carbons (Fsp3) is 0.429. The molecular weight excluding hydrogens is 281 g/mol. The molecule has 2 N–H and O–H groups in total. The van der Waals surface area contributed by atoms with Crippen LogP contribution in [0.2, 0.25) is 0 Å². The van der Waals surface area contributed by atoms with Crippen molar-refractivity contribution in [1.82, 2.24) is 0 Å². The van der Waals surface area contributed by atoms with Crippen molar-refractivity contribution >= 4 is 15.9 Å². The summed E-state index contributed by atoms with van der Waals surface area (Å²) in [6.07, 6.45) is 7.47. The van der Waals surface area contributed by atoms with Crippen LogP contribution in [0.15, 0.2) is 34.3 Å². The molecule has 1 nitrogen and oxygen atoms in total. The van der Waals surface area contributed by atoms with Gasteiger partial charge in [-0.3, -0.25) is 0 Å². The third kappa shape index (κ3) is 3.65. The Kier molecular flexibility index (Phi) is 4.35. The van der Waals surface area contributed by atoms with Gasteiger partial charge in [0, 0.05) is 10.5 Å². The van der Waals surface area contributed by atoms with Crippen LogP contribution in [0.25, 0.3) is 0 Å². The molecule has 0 radical (unpaired) electrons. The highest BCUT2D eigenvalue weighted by atomic mass is 79.9. The van der Waals surface area contributed by atoms with Crippen molar-refractivity contribution in [2.24, 2.45) is 5.73 Å². The third-order valence-corrected chi connectivity index (χ3v) is 3.93. The van der Waals surface area contributed by atoms with Crippen LogP contribution in [0.1, 0.15) is 31.2 Å². The highest BCUT2D eigenvalue weighted by Crippen LogP contribution is 2.25. The van der Waals surface area contributed by atoms with Gasteiger partial charge in [0.2, 0.25) is 0 Å². The Labute approximate surface area is 110 Å². The fourth-order valence-electron chi connectivity index (χ4n) is 2.27. The molecule has 0 amide bonds. The minimum absolute atomic E-state index is 0.167. The van der Waals surface area contributed by atoms with Crippen molar-refractivity contribution < 1.29 is 4.39 Å². The first-order valence-corrected chi connectivity index (χ1v) is 6.83. The second-order valence-electron chi connectivity index (χ2n) is 4.65. The number of nitrogens with two attached hydrogens (primary N) is 1. The van der Waals surface area contributed by atoms with E-state index in [2.05, 4.69) is 22.0 Å². The topological polar surface area (TPSA) is 26.0 Å². The molecule has 1 aliphatic carbocycles. The van der Waals surface area contributed by atoms with Crippen LogP contribution < -0.4 is 5.73 Å². The maximum atomic E-state index is 13.2. The van der Waals surface area contributed by atoms with Crippen molar-refractivity contribution in [2.75, 3.05) is 0 Å². The highest BCUT2D eigenvalue weighted by molar-refractivity contribution is 9.10. The molecule has 0 fully saturated rings. The van der Waals surface area contributed by atoms with Crippen LogP contribution in [-0.2, 0) is 6.42 Å². The van der Waals surface area contributed by atoms with E-state index >= 15 is 0 Å². The van der Waals surface area contributed by atoms with Gasteiger partial charge in [0.05, 0.1) is 0 Å². The summed E-state index contributed by atoms with van der Waals surface area (Å²) in [5, 5.41) is 0. The monoisotopic (exact) mass is 297 g/mol. The molecule has 2 rings (SSSR count). The molecule has 0 heterocycles. The zero-order chi connectivity index (χ0) is 12.3. The number of allylic oxidation sites excluding steroid dienone is 1. The highest BCUT2D eigenvalue weighted by Gasteiger charge is 2.10. The van der Waals surface area contributed by atoms with Gasteiger partial charge in [-0.1, -0.05) is 34.0 Å². The van der Waals surface area contributed by atoms with Gasteiger partial charge in [0.1, 0.15) is 5.82 Å². The van der Waals surface area contributed by atoms with Crippen LogP contribution >= 0.6 is 15.9 Å². The van der Waals surface area contributed by atoms with Gasteiger partial charge in [-0.05, 0) is 49.4 Å². The number of rotatable bonds is 2. The Balaban J connectivity index is 2.16. The quantitative estimate of drug-likeness (QED) is 0.822. The van der Waals surface area contributed by atoms with Gasteiger partial charge in [0.15, 0.2) is 0 Å². The van der Waals surface area contributed by atoms with E-state index in [1.165, 1.54) is 24.5 Å². The zero-order valence-electron chi connectivity index (χ0n) is 9.76. The first-order chi connectivity index (χ1) is 8.15. The standard InChI is InChI=1S/C14H17BrFN/c15-14-6-5-12(16)9-11(14)7-10-3-1-2-4-13(17)8-10/h5-6,8-9,13H,1-4,7,17H2. The maximum Gasteiger partial charge on any atom is 0.123 e. The Morgan fingerprint density at radius 3 is 3.00 bits per heavy atom. The molecule has 1 unspecified atom stereocenters. The van der Waals surface area contributed by atoms with E-state index in [9.17, 15) is 4.39 Å². The van der Waals surface area contributed by atoms with Crippen LogP contribution in [-0.4, -0.2) is 6.04 Å². The van der Waals surface area contributed by atoms with Gasteiger partial charge in [0.25, 0.3) is 0 Å². The third-order valence-electron chi connectivity index (χ3n) is 3.16. The van der Waals surface area contributed by atoms with Crippen LogP contribution in [0, 0.1) is 5.82 Å². The van der Waals surface area contributed by atoms with E-state index in [0.717, 1.165) is 29.3 Å². The Morgan fingerprint density at radius 2 is 2.18 bits per heavy atom. The van der Waals surface area contributed by atoms with Crippen LogP contribution in [0.4, 0.5) is 4.39 Å². The molecule has 0 spiro atoms.